The van der Waals surface area contributed by atoms with E-state index in [0.717, 1.165) is 13.1 Å². The number of allylic oxidation sites excluding steroid dienone is 2. The van der Waals surface area contributed by atoms with Crippen LogP contribution in [0, 0.1) is 0 Å². The number of morpholine rings is 1. The summed E-state index contributed by atoms with van der Waals surface area (Å²) in [5, 5.41) is 3.38. The van der Waals surface area contributed by atoms with E-state index in [-0.39, 0.29) is 39.0 Å². The summed E-state index contributed by atoms with van der Waals surface area (Å²) in [5.41, 5.74) is 6.99. The van der Waals surface area contributed by atoms with Crippen LogP contribution in [0.5, 0.6) is 0 Å². The van der Waals surface area contributed by atoms with Crippen molar-refractivity contribution in [2.75, 3.05) is 17.5 Å². The zero-order valence-electron chi connectivity index (χ0n) is 13.2. The van der Waals surface area contributed by atoms with Crippen LogP contribution in [0.4, 0.5) is 0 Å². The number of nitrogens with two attached hydrogens (primary N) is 1. The summed E-state index contributed by atoms with van der Waals surface area (Å²) in [5.74, 6) is 0.471. The van der Waals surface area contributed by atoms with Gasteiger partial charge in [-0.1, -0.05) is 0 Å². The molecule has 1 aliphatic heterocycles. The van der Waals surface area contributed by atoms with Crippen molar-refractivity contribution < 1.29 is 30.7 Å². The first-order chi connectivity index (χ1) is 9.34. The molecule has 3 N–H and O–H groups in total. The molecule has 4 nitrogen and oxygen atoms in total. The quantitative estimate of drug-likeness (QED) is 0.262. The van der Waals surface area contributed by atoms with E-state index in [4.69, 9.17) is 15.2 Å². The van der Waals surface area contributed by atoms with E-state index < -0.39 is 0 Å². The summed E-state index contributed by atoms with van der Waals surface area (Å²) >= 11 is 0.156. The molecule has 0 unspecified atom stereocenters. The van der Waals surface area contributed by atoms with Crippen LogP contribution in [-0.2, 0) is 9.47 Å². The fourth-order valence-electron chi connectivity index (χ4n) is 2.05. The standard InChI is InChI=1S/C15H28IN2O2/c1-6-16-8-11(2)7-14(17)19-12(3)13-9-18-10-15(4,5)20-13/h7-8,12-13,18H,6,9-10,17H2,1-5H3/q-1/b11-8-,14-7+/t12-,13+/m1/s1. The van der Waals surface area contributed by atoms with Crippen LogP contribution in [0.2, 0.25) is 0 Å². The summed E-state index contributed by atoms with van der Waals surface area (Å²) in [6.45, 7) is 12.1. The Kier molecular flexibility index (Phi) is 7.33. The second kappa shape index (κ2) is 8.24. The first-order valence-corrected chi connectivity index (χ1v) is 9.88. The summed E-state index contributed by atoms with van der Waals surface area (Å²) in [4.78, 5) is 0. The molecule has 0 bridgehead atoms. The molecule has 0 aromatic carbocycles. The van der Waals surface area contributed by atoms with E-state index in [2.05, 4.69) is 37.1 Å². The number of nitrogens with one attached hydrogen (secondary N) is 1. The number of rotatable bonds is 6. The molecule has 5 heteroatoms. The summed E-state index contributed by atoms with van der Waals surface area (Å²) in [6, 6.07) is 0. The van der Waals surface area contributed by atoms with E-state index in [9.17, 15) is 0 Å². The number of ether oxygens (including phenoxy) is 2. The van der Waals surface area contributed by atoms with E-state index >= 15 is 0 Å². The van der Waals surface area contributed by atoms with E-state index in [1.807, 2.05) is 13.0 Å². The average Bonchev–Trinajstić information content (AvgIpc) is 2.34. The Balaban J connectivity index is 2.52. The third-order valence-corrected chi connectivity index (χ3v) is 5.29. The van der Waals surface area contributed by atoms with Gasteiger partial charge >= 0.3 is 133 Å². The van der Waals surface area contributed by atoms with Gasteiger partial charge in [0, 0.05) is 0 Å². The summed E-state index contributed by atoms with van der Waals surface area (Å²) in [6.07, 6.45) is 1.87. The Morgan fingerprint density at radius 3 is 2.90 bits per heavy atom. The Morgan fingerprint density at radius 2 is 2.30 bits per heavy atom. The Morgan fingerprint density at radius 1 is 1.60 bits per heavy atom. The van der Waals surface area contributed by atoms with Crippen molar-refractivity contribution in [2.24, 2.45) is 5.73 Å². The molecule has 1 rings (SSSR count). The van der Waals surface area contributed by atoms with Crippen LogP contribution in [0.1, 0.15) is 34.6 Å². The van der Waals surface area contributed by atoms with Gasteiger partial charge in [-0.05, 0) is 0 Å². The molecular weight excluding hydrogens is 367 g/mol. The molecule has 2 atom stereocenters. The molecule has 20 heavy (non-hydrogen) atoms. The van der Waals surface area contributed by atoms with Crippen molar-refractivity contribution in [3.05, 3.63) is 21.6 Å². The van der Waals surface area contributed by atoms with Crippen LogP contribution < -0.4 is 32.3 Å². The number of hydrogen-bond acceptors (Lipinski definition) is 4. The summed E-state index contributed by atoms with van der Waals surface area (Å²) < 4.78 is 15.3. The third kappa shape index (κ3) is 6.45. The van der Waals surface area contributed by atoms with E-state index in [1.165, 1.54) is 10.0 Å². The number of hydrogen-bond donors (Lipinski definition) is 2. The first-order valence-electron chi connectivity index (χ1n) is 7.11. The van der Waals surface area contributed by atoms with Crippen LogP contribution in [0.3, 0.4) is 0 Å². The molecule has 0 radical (unpaired) electrons. The molecule has 1 heterocycles. The third-order valence-electron chi connectivity index (χ3n) is 2.99. The molecule has 0 amide bonds. The number of alkyl halides is 1. The van der Waals surface area contributed by atoms with Crippen LogP contribution in [0.25, 0.3) is 0 Å². The predicted molar refractivity (Wildman–Crippen MR) is 78.9 cm³/mol. The summed E-state index contributed by atoms with van der Waals surface area (Å²) in [7, 11) is 0. The van der Waals surface area contributed by atoms with Crippen molar-refractivity contribution in [3.63, 3.8) is 0 Å². The van der Waals surface area contributed by atoms with Gasteiger partial charge in [-0.3, -0.25) is 0 Å². The van der Waals surface area contributed by atoms with E-state index in [1.54, 1.807) is 0 Å². The minimum atomic E-state index is -0.152. The molecule has 1 fully saturated rings. The van der Waals surface area contributed by atoms with Gasteiger partial charge in [0.05, 0.1) is 0 Å². The Bertz CT molecular complexity index is 367. The fourth-order valence-corrected chi connectivity index (χ4v) is 3.36. The average molecular weight is 395 g/mol. The predicted octanol–water partition coefficient (Wildman–Crippen LogP) is -1.03. The minimum absolute atomic E-state index is 0.0260. The second-order valence-electron chi connectivity index (χ2n) is 5.69. The maximum atomic E-state index is 6.03. The maximum absolute atomic E-state index is 6.03. The van der Waals surface area contributed by atoms with Crippen molar-refractivity contribution in [2.45, 2.75) is 52.4 Å². The topological polar surface area (TPSA) is 56.5 Å². The van der Waals surface area contributed by atoms with Gasteiger partial charge in [0.2, 0.25) is 0 Å². The van der Waals surface area contributed by atoms with Gasteiger partial charge in [0.25, 0.3) is 0 Å². The van der Waals surface area contributed by atoms with Crippen LogP contribution in [0.15, 0.2) is 21.6 Å². The fraction of sp³-hybridized carbons (Fsp3) is 0.733. The van der Waals surface area contributed by atoms with Crippen LogP contribution in [-0.4, -0.2) is 35.3 Å². The van der Waals surface area contributed by atoms with Crippen molar-refractivity contribution >= 4 is 0 Å². The van der Waals surface area contributed by atoms with Crippen LogP contribution >= 0.6 is 0 Å². The first kappa shape index (κ1) is 17.8. The SMILES string of the molecule is CC[I-]/C=C(C)\C=C(/N)O[C@H](C)[C@@H]1CNCC(C)(C)O1. The molecule has 0 aromatic heterocycles. The molecule has 1 saturated heterocycles. The molecule has 118 valence electrons. The van der Waals surface area contributed by atoms with Gasteiger partial charge in [0.1, 0.15) is 0 Å². The molecule has 0 spiro atoms. The molecular formula is C15H28IN2O2-. The van der Waals surface area contributed by atoms with Gasteiger partial charge in [-0.2, -0.15) is 0 Å². The normalized spacial score (nSPS) is 25.6. The number of halogens is 1. The second-order valence-corrected chi connectivity index (χ2v) is 8.72. The Labute approximate surface area is 133 Å². The van der Waals surface area contributed by atoms with Gasteiger partial charge in [-0.15, -0.1) is 0 Å². The zero-order valence-corrected chi connectivity index (χ0v) is 15.4. The molecule has 1 aliphatic rings. The van der Waals surface area contributed by atoms with Crippen molar-refractivity contribution in [1.82, 2.24) is 5.32 Å². The van der Waals surface area contributed by atoms with E-state index in [0.29, 0.717) is 5.88 Å². The zero-order chi connectivity index (χ0) is 15.2. The van der Waals surface area contributed by atoms with Gasteiger partial charge in [-0.25, -0.2) is 0 Å². The van der Waals surface area contributed by atoms with Crippen molar-refractivity contribution in [3.8, 4) is 0 Å². The molecule has 0 aliphatic carbocycles. The van der Waals surface area contributed by atoms with Crippen molar-refractivity contribution in [1.29, 1.82) is 0 Å². The van der Waals surface area contributed by atoms with Gasteiger partial charge in [0.15, 0.2) is 0 Å². The monoisotopic (exact) mass is 395 g/mol. The Hall–Kier alpha value is -0.270. The molecule has 0 aromatic rings. The molecule has 0 saturated carbocycles. The van der Waals surface area contributed by atoms with Gasteiger partial charge < -0.3 is 0 Å².